The van der Waals surface area contributed by atoms with Crippen LogP contribution in [0.25, 0.3) is 0 Å². The zero-order valence-corrected chi connectivity index (χ0v) is 11.2. The summed E-state index contributed by atoms with van der Waals surface area (Å²) >= 11 is 0. The quantitative estimate of drug-likeness (QED) is 0.862. The maximum Gasteiger partial charge on any atom is 0.0914 e. The molecule has 0 bridgehead atoms. The first-order valence-electron chi connectivity index (χ1n) is 6.40. The summed E-state index contributed by atoms with van der Waals surface area (Å²) < 4.78 is 0. The zero-order chi connectivity index (χ0) is 13.7. The van der Waals surface area contributed by atoms with Gasteiger partial charge in [-0.2, -0.15) is 0 Å². The van der Waals surface area contributed by atoms with Crippen LogP contribution in [0.4, 0.5) is 0 Å². The molecule has 1 aromatic carbocycles. The third kappa shape index (κ3) is 3.84. The number of hydrogen-bond acceptors (Lipinski definition) is 4. The largest absolute Gasteiger partial charge is 0.387 e. The molecule has 2 N–H and O–H groups in total. The molecule has 0 aliphatic heterocycles. The lowest BCUT2D eigenvalue weighted by Crippen LogP contribution is -2.25. The van der Waals surface area contributed by atoms with Crippen molar-refractivity contribution in [1.29, 1.82) is 0 Å². The third-order valence-electron chi connectivity index (χ3n) is 3.11. The fraction of sp³-hybridized carbons (Fsp3) is 0.333. The Morgan fingerprint density at radius 1 is 1.21 bits per heavy atom. The van der Waals surface area contributed by atoms with Crippen molar-refractivity contribution in [1.82, 2.24) is 15.3 Å². The Hall–Kier alpha value is -1.78. The summed E-state index contributed by atoms with van der Waals surface area (Å²) in [7, 11) is 0. The predicted octanol–water partition coefficient (Wildman–Crippen LogP) is 2.17. The molecule has 0 spiro atoms. The predicted molar refractivity (Wildman–Crippen MR) is 74.6 cm³/mol. The fourth-order valence-corrected chi connectivity index (χ4v) is 1.83. The molecule has 0 saturated carbocycles. The highest BCUT2D eigenvalue weighted by atomic mass is 16.3. The van der Waals surface area contributed by atoms with Crippen molar-refractivity contribution in [3.63, 3.8) is 0 Å². The van der Waals surface area contributed by atoms with E-state index in [1.165, 1.54) is 5.56 Å². The minimum atomic E-state index is -0.514. The highest BCUT2D eigenvalue weighted by Gasteiger charge is 2.11. The number of nitrogens with one attached hydrogen (secondary N) is 1. The first-order chi connectivity index (χ1) is 9.16. The van der Waals surface area contributed by atoms with Gasteiger partial charge in [-0.25, -0.2) is 0 Å². The monoisotopic (exact) mass is 257 g/mol. The SMILES string of the molecule is Cc1ccc(C(O)CNC(C)c2cnccn2)cc1. The van der Waals surface area contributed by atoms with Gasteiger partial charge in [0.25, 0.3) is 0 Å². The van der Waals surface area contributed by atoms with Crippen LogP contribution >= 0.6 is 0 Å². The van der Waals surface area contributed by atoms with E-state index in [1.54, 1.807) is 18.6 Å². The van der Waals surface area contributed by atoms with Gasteiger partial charge in [-0.1, -0.05) is 29.8 Å². The number of aryl methyl sites for hydroxylation is 1. The number of hydrogen-bond donors (Lipinski definition) is 2. The first-order valence-corrected chi connectivity index (χ1v) is 6.40. The number of aliphatic hydroxyl groups is 1. The molecule has 2 rings (SSSR count). The summed E-state index contributed by atoms with van der Waals surface area (Å²) in [6.45, 7) is 4.53. The van der Waals surface area contributed by atoms with E-state index in [4.69, 9.17) is 0 Å². The van der Waals surface area contributed by atoms with Gasteiger partial charge in [0.05, 0.1) is 11.8 Å². The van der Waals surface area contributed by atoms with E-state index in [0.29, 0.717) is 6.54 Å². The minimum Gasteiger partial charge on any atom is -0.387 e. The first kappa shape index (κ1) is 13.6. The van der Waals surface area contributed by atoms with Gasteiger partial charge in [0.1, 0.15) is 0 Å². The molecule has 2 atom stereocenters. The van der Waals surface area contributed by atoms with E-state index in [-0.39, 0.29) is 6.04 Å². The topological polar surface area (TPSA) is 58.0 Å². The Labute approximate surface area is 113 Å². The molecule has 4 nitrogen and oxygen atoms in total. The van der Waals surface area contributed by atoms with Gasteiger partial charge in [-0.3, -0.25) is 9.97 Å². The number of rotatable bonds is 5. The second-order valence-electron chi connectivity index (χ2n) is 4.69. The van der Waals surface area contributed by atoms with E-state index < -0.39 is 6.10 Å². The number of benzene rings is 1. The van der Waals surface area contributed by atoms with Crippen LogP contribution in [0.15, 0.2) is 42.9 Å². The van der Waals surface area contributed by atoms with Gasteiger partial charge < -0.3 is 10.4 Å². The van der Waals surface area contributed by atoms with Crippen LogP contribution in [0.5, 0.6) is 0 Å². The average molecular weight is 257 g/mol. The van der Waals surface area contributed by atoms with Gasteiger partial charge in [0.2, 0.25) is 0 Å². The fourth-order valence-electron chi connectivity index (χ4n) is 1.83. The molecule has 100 valence electrons. The summed E-state index contributed by atoms with van der Waals surface area (Å²) in [5.74, 6) is 0. The normalized spacial score (nSPS) is 14.1. The summed E-state index contributed by atoms with van der Waals surface area (Å²) in [6.07, 6.45) is 4.54. The maximum absolute atomic E-state index is 10.1. The van der Waals surface area contributed by atoms with Crippen molar-refractivity contribution >= 4 is 0 Å². The second kappa shape index (κ2) is 6.41. The summed E-state index contributed by atoms with van der Waals surface area (Å²) in [5, 5.41) is 13.4. The van der Waals surface area contributed by atoms with Gasteiger partial charge in [-0.05, 0) is 19.4 Å². The van der Waals surface area contributed by atoms with E-state index >= 15 is 0 Å². The Balaban J connectivity index is 1.90. The molecule has 0 aliphatic carbocycles. The van der Waals surface area contributed by atoms with E-state index in [9.17, 15) is 5.11 Å². The van der Waals surface area contributed by atoms with Crippen molar-refractivity contribution in [2.75, 3.05) is 6.54 Å². The molecule has 2 unspecified atom stereocenters. The van der Waals surface area contributed by atoms with Crippen LogP contribution in [-0.4, -0.2) is 21.6 Å². The lowest BCUT2D eigenvalue weighted by atomic mass is 10.1. The Morgan fingerprint density at radius 2 is 1.95 bits per heavy atom. The van der Waals surface area contributed by atoms with Crippen molar-refractivity contribution in [3.05, 3.63) is 59.7 Å². The smallest absolute Gasteiger partial charge is 0.0914 e. The number of aliphatic hydroxyl groups excluding tert-OH is 1. The standard InChI is InChI=1S/C15H19N3O/c1-11-3-5-13(6-4-11)15(19)10-18-12(2)14-9-16-7-8-17-14/h3-9,12,15,18-19H,10H2,1-2H3. The van der Waals surface area contributed by atoms with E-state index in [1.807, 2.05) is 38.1 Å². The zero-order valence-electron chi connectivity index (χ0n) is 11.2. The molecule has 0 aliphatic rings. The summed E-state index contributed by atoms with van der Waals surface area (Å²) in [5.41, 5.74) is 2.99. The van der Waals surface area contributed by atoms with Crippen LogP contribution in [0.3, 0.4) is 0 Å². The van der Waals surface area contributed by atoms with Crippen molar-refractivity contribution in [2.45, 2.75) is 26.0 Å². The second-order valence-corrected chi connectivity index (χ2v) is 4.69. The van der Waals surface area contributed by atoms with Crippen LogP contribution in [0.1, 0.15) is 35.9 Å². The molecule has 19 heavy (non-hydrogen) atoms. The van der Waals surface area contributed by atoms with Crippen molar-refractivity contribution < 1.29 is 5.11 Å². The molecule has 0 amide bonds. The molecule has 0 fully saturated rings. The van der Waals surface area contributed by atoms with Crippen LogP contribution < -0.4 is 5.32 Å². The molecule has 4 heteroatoms. The minimum absolute atomic E-state index is 0.0637. The molecular weight excluding hydrogens is 238 g/mol. The molecule has 1 heterocycles. The van der Waals surface area contributed by atoms with Gasteiger partial charge in [0, 0.05) is 31.2 Å². The lowest BCUT2D eigenvalue weighted by molar-refractivity contribution is 0.170. The summed E-state index contributed by atoms with van der Waals surface area (Å²) in [6, 6.07) is 7.98. The highest BCUT2D eigenvalue weighted by molar-refractivity contribution is 5.23. The number of aromatic nitrogens is 2. The van der Waals surface area contributed by atoms with Crippen LogP contribution in [0.2, 0.25) is 0 Å². The average Bonchev–Trinajstić information content (AvgIpc) is 2.46. The molecular formula is C15H19N3O. The molecule has 1 aromatic heterocycles. The Kier molecular flexibility index (Phi) is 4.60. The van der Waals surface area contributed by atoms with Gasteiger partial charge in [0.15, 0.2) is 0 Å². The molecule has 0 saturated heterocycles. The van der Waals surface area contributed by atoms with Crippen LogP contribution in [0, 0.1) is 6.92 Å². The van der Waals surface area contributed by atoms with Gasteiger partial charge >= 0.3 is 0 Å². The maximum atomic E-state index is 10.1. The Morgan fingerprint density at radius 3 is 2.58 bits per heavy atom. The highest BCUT2D eigenvalue weighted by Crippen LogP contribution is 2.14. The van der Waals surface area contributed by atoms with Crippen molar-refractivity contribution in [2.24, 2.45) is 0 Å². The van der Waals surface area contributed by atoms with E-state index in [2.05, 4.69) is 15.3 Å². The Bertz CT molecular complexity index is 499. The number of nitrogens with zero attached hydrogens (tertiary/aromatic N) is 2. The van der Waals surface area contributed by atoms with Crippen molar-refractivity contribution in [3.8, 4) is 0 Å². The molecule has 2 aromatic rings. The lowest BCUT2D eigenvalue weighted by Gasteiger charge is -2.17. The summed E-state index contributed by atoms with van der Waals surface area (Å²) in [4.78, 5) is 8.27. The van der Waals surface area contributed by atoms with E-state index in [0.717, 1.165) is 11.3 Å². The third-order valence-corrected chi connectivity index (χ3v) is 3.11. The van der Waals surface area contributed by atoms with Crippen LogP contribution in [-0.2, 0) is 0 Å². The molecule has 0 radical (unpaired) electrons. The van der Waals surface area contributed by atoms with Gasteiger partial charge in [-0.15, -0.1) is 0 Å².